The maximum absolute atomic E-state index is 15.5. The van der Waals surface area contributed by atoms with Gasteiger partial charge in [-0.25, -0.2) is 22.6 Å². The fourth-order valence-corrected chi connectivity index (χ4v) is 5.93. The number of likely N-dealkylation sites (tertiary alicyclic amines) is 1. The molecule has 0 saturated carbocycles. The van der Waals surface area contributed by atoms with Crippen molar-refractivity contribution >= 4 is 23.3 Å². The van der Waals surface area contributed by atoms with Crippen LogP contribution in [0.5, 0.6) is 0 Å². The third-order valence-electron chi connectivity index (χ3n) is 7.98. The minimum atomic E-state index is -1.58. The highest BCUT2D eigenvalue weighted by atomic mass is 19.1. The molecule has 2 heterocycles. The van der Waals surface area contributed by atoms with E-state index in [1.54, 1.807) is 19.1 Å². The average molecular weight is 581 g/mol. The quantitative estimate of drug-likeness (QED) is 0.344. The van der Waals surface area contributed by atoms with Gasteiger partial charge in [-0.15, -0.1) is 0 Å². The van der Waals surface area contributed by atoms with E-state index in [1.807, 2.05) is 4.90 Å². The van der Waals surface area contributed by atoms with E-state index in [-0.39, 0.29) is 30.7 Å². The number of amidine groups is 1. The topological polar surface area (TPSA) is 65.0 Å². The minimum Gasteiger partial charge on any atom is -0.326 e. The van der Waals surface area contributed by atoms with Crippen LogP contribution in [-0.4, -0.2) is 59.8 Å². The largest absolute Gasteiger partial charge is 0.326 e. The molecule has 3 aromatic rings. The number of carbonyl (C=O) groups is 2. The van der Waals surface area contributed by atoms with E-state index < -0.39 is 29.3 Å². The lowest BCUT2D eigenvalue weighted by Crippen LogP contribution is -2.46. The SMILES string of the molecule is CC(=O)Nc1ccc(C2CCN(CC(F)CN3C(=O)C(c4ccc(F)cc4)(c4ccc(F)cc4)N=C3C)CC2)c(F)c1. The van der Waals surface area contributed by atoms with Crippen LogP contribution >= 0.6 is 0 Å². The maximum Gasteiger partial charge on any atom is 0.265 e. The third-order valence-corrected chi connectivity index (χ3v) is 7.98. The van der Waals surface area contributed by atoms with Crippen molar-refractivity contribution in [2.75, 3.05) is 31.5 Å². The zero-order valence-corrected chi connectivity index (χ0v) is 23.4. The number of benzene rings is 3. The number of amides is 2. The lowest BCUT2D eigenvalue weighted by atomic mass is 9.82. The molecular formula is C32H32F4N4O2. The number of halogens is 4. The van der Waals surface area contributed by atoms with Crippen molar-refractivity contribution in [2.24, 2.45) is 4.99 Å². The molecule has 0 radical (unpaired) electrons. The summed E-state index contributed by atoms with van der Waals surface area (Å²) in [5.41, 5.74) is 0.199. The molecule has 2 amide bonds. The first-order chi connectivity index (χ1) is 20.1. The molecule has 1 atom stereocenters. The summed E-state index contributed by atoms with van der Waals surface area (Å²) in [5.74, 6) is -1.80. The van der Waals surface area contributed by atoms with E-state index in [9.17, 15) is 22.8 Å². The number of hydrogen-bond acceptors (Lipinski definition) is 4. The smallest absolute Gasteiger partial charge is 0.265 e. The van der Waals surface area contributed by atoms with E-state index in [0.717, 1.165) is 0 Å². The molecule has 0 spiro atoms. The van der Waals surface area contributed by atoms with Crippen molar-refractivity contribution in [1.82, 2.24) is 9.80 Å². The van der Waals surface area contributed by atoms with Gasteiger partial charge in [-0.05, 0) is 91.9 Å². The third kappa shape index (κ3) is 5.94. The van der Waals surface area contributed by atoms with Gasteiger partial charge in [0, 0.05) is 19.2 Å². The molecule has 1 saturated heterocycles. The van der Waals surface area contributed by atoms with Crippen LogP contribution < -0.4 is 5.32 Å². The Morgan fingerprint density at radius 3 is 2.05 bits per heavy atom. The first kappa shape index (κ1) is 29.4. The predicted molar refractivity (Wildman–Crippen MR) is 152 cm³/mol. The summed E-state index contributed by atoms with van der Waals surface area (Å²) in [7, 11) is 0. The Morgan fingerprint density at radius 2 is 1.52 bits per heavy atom. The zero-order chi connectivity index (χ0) is 30.0. The number of alkyl halides is 1. The van der Waals surface area contributed by atoms with Crippen LogP contribution in [0.4, 0.5) is 23.2 Å². The molecule has 0 bridgehead atoms. The van der Waals surface area contributed by atoms with Gasteiger partial charge in [-0.3, -0.25) is 14.5 Å². The Balaban J connectivity index is 1.25. The highest BCUT2D eigenvalue weighted by molar-refractivity contribution is 6.09. The molecule has 10 heteroatoms. The summed E-state index contributed by atoms with van der Waals surface area (Å²) >= 11 is 0. The van der Waals surface area contributed by atoms with Crippen LogP contribution in [0.25, 0.3) is 0 Å². The lowest BCUT2D eigenvalue weighted by molar-refractivity contribution is -0.130. The number of nitrogens with zero attached hydrogens (tertiary/aromatic N) is 3. The molecule has 2 aliphatic rings. The molecule has 6 nitrogen and oxygen atoms in total. The van der Waals surface area contributed by atoms with Crippen molar-refractivity contribution < 1.29 is 27.2 Å². The van der Waals surface area contributed by atoms with E-state index in [2.05, 4.69) is 10.3 Å². The molecule has 5 rings (SSSR count). The standard InChI is InChI=1S/C32H32F4N4O2/c1-20-38-32(23-3-7-25(33)8-4-23,24-5-9-26(34)10-6-24)31(42)40(20)19-27(35)18-39-15-13-22(14-16-39)29-12-11-28(17-30(29)36)37-21(2)41/h3-12,17,22,27H,13-16,18-19H2,1-2H3,(H,37,41). The molecule has 2 aliphatic heterocycles. The van der Waals surface area contributed by atoms with Crippen LogP contribution in [0.3, 0.4) is 0 Å². The van der Waals surface area contributed by atoms with Crippen molar-refractivity contribution in [3.8, 4) is 0 Å². The molecule has 1 N–H and O–H groups in total. The van der Waals surface area contributed by atoms with Crippen molar-refractivity contribution in [1.29, 1.82) is 0 Å². The second kappa shape index (κ2) is 12.1. The van der Waals surface area contributed by atoms with E-state index >= 15 is 4.39 Å². The van der Waals surface area contributed by atoms with Gasteiger partial charge in [0.05, 0.1) is 6.54 Å². The highest BCUT2D eigenvalue weighted by Crippen LogP contribution is 2.40. The van der Waals surface area contributed by atoms with Crippen LogP contribution in [-0.2, 0) is 15.1 Å². The number of rotatable bonds is 8. The summed E-state index contributed by atoms with van der Waals surface area (Å²) in [6.07, 6.45) is -0.101. The van der Waals surface area contributed by atoms with Gasteiger partial charge in [-0.1, -0.05) is 30.3 Å². The Bertz CT molecular complexity index is 1440. The summed E-state index contributed by atoms with van der Waals surface area (Å²) < 4.78 is 57.7. The number of anilines is 1. The van der Waals surface area contributed by atoms with Crippen LogP contribution in [0, 0.1) is 17.5 Å². The monoisotopic (exact) mass is 580 g/mol. The minimum absolute atomic E-state index is 0.0211. The molecule has 42 heavy (non-hydrogen) atoms. The van der Waals surface area contributed by atoms with Crippen LogP contribution in [0.1, 0.15) is 49.3 Å². The fourth-order valence-electron chi connectivity index (χ4n) is 5.93. The van der Waals surface area contributed by atoms with Crippen molar-refractivity contribution in [3.63, 3.8) is 0 Å². The van der Waals surface area contributed by atoms with Crippen molar-refractivity contribution in [3.05, 3.63) is 101 Å². The average Bonchev–Trinajstić information content (AvgIpc) is 3.20. The van der Waals surface area contributed by atoms with Gasteiger partial charge in [-0.2, -0.15) is 0 Å². The lowest BCUT2D eigenvalue weighted by Gasteiger charge is -2.34. The van der Waals surface area contributed by atoms with Crippen LogP contribution in [0.2, 0.25) is 0 Å². The highest BCUT2D eigenvalue weighted by Gasteiger charge is 2.50. The number of nitrogens with one attached hydrogen (secondary N) is 1. The van der Waals surface area contributed by atoms with E-state index in [4.69, 9.17) is 0 Å². The molecule has 3 aromatic carbocycles. The summed E-state index contributed by atoms with van der Waals surface area (Å²) in [5, 5.41) is 2.57. The Hall–Kier alpha value is -4.05. The van der Waals surface area contributed by atoms with Gasteiger partial charge in [0.25, 0.3) is 5.91 Å². The Morgan fingerprint density at radius 1 is 0.952 bits per heavy atom. The fraction of sp³-hybridized carbons (Fsp3) is 0.344. The molecule has 220 valence electrons. The number of piperidine rings is 1. The molecule has 0 aliphatic carbocycles. The summed E-state index contributed by atoms with van der Waals surface area (Å²) in [6, 6.07) is 15.4. The molecule has 0 aromatic heterocycles. The first-order valence-electron chi connectivity index (χ1n) is 13.9. The van der Waals surface area contributed by atoms with Gasteiger partial charge < -0.3 is 10.2 Å². The zero-order valence-electron chi connectivity index (χ0n) is 23.4. The van der Waals surface area contributed by atoms with E-state index in [0.29, 0.717) is 54.1 Å². The van der Waals surface area contributed by atoms with Gasteiger partial charge >= 0.3 is 0 Å². The second-order valence-corrected chi connectivity index (χ2v) is 10.9. The van der Waals surface area contributed by atoms with E-state index in [1.165, 1.54) is 66.4 Å². The molecule has 1 unspecified atom stereocenters. The summed E-state index contributed by atoms with van der Waals surface area (Å²) in [6.45, 7) is 3.98. The number of carbonyl (C=O) groups excluding carboxylic acids is 2. The van der Waals surface area contributed by atoms with Crippen LogP contribution in [0.15, 0.2) is 71.7 Å². The molecule has 1 fully saturated rings. The predicted octanol–water partition coefficient (Wildman–Crippen LogP) is 5.78. The van der Waals surface area contributed by atoms with Gasteiger partial charge in [0.1, 0.15) is 29.5 Å². The maximum atomic E-state index is 15.5. The van der Waals surface area contributed by atoms with Gasteiger partial charge in [0.15, 0.2) is 5.54 Å². The van der Waals surface area contributed by atoms with Gasteiger partial charge in [0.2, 0.25) is 5.91 Å². The summed E-state index contributed by atoms with van der Waals surface area (Å²) in [4.78, 5) is 33.1. The number of hydrogen-bond donors (Lipinski definition) is 1. The Labute approximate surface area is 242 Å². The Kier molecular flexibility index (Phi) is 8.45. The van der Waals surface area contributed by atoms with Crippen molar-refractivity contribution in [2.45, 2.75) is 44.3 Å². The second-order valence-electron chi connectivity index (χ2n) is 10.9. The first-order valence-corrected chi connectivity index (χ1v) is 13.9. The normalized spacial score (nSPS) is 18.2. The molecular weight excluding hydrogens is 548 g/mol. The number of aliphatic imine (C=N–C) groups is 1.